The molecule has 0 aromatic carbocycles. The SMILES string of the molecule is Cc1oncc1C(=O)N1CC2CC1CCN2. The van der Waals surface area contributed by atoms with Crippen LogP contribution in [-0.2, 0) is 0 Å². The van der Waals surface area contributed by atoms with Gasteiger partial charge in [-0.3, -0.25) is 4.79 Å². The van der Waals surface area contributed by atoms with Crippen molar-refractivity contribution in [1.82, 2.24) is 15.4 Å². The van der Waals surface area contributed by atoms with Crippen LogP contribution in [0.3, 0.4) is 0 Å². The van der Waals surface area contributed by atoms with Gasteiger partial charge in [0.25, 0.3) is 5.91 Å². The van der Waals surface area contributed by atoms with Gasteiger partial charge in [0.15, 0.2) is 0 Å². The van der Waals surface area contributed by atoms with Crippen molar-refractivity contribution in [3.8, 4) is 0 Å². The minimum atomic E-state index is 0.0648. The van der Waals surface area contributed by atoms with Gasteiger partial charge in [0.2, 0.25) is 0 Å². The number of carbonyl (C=O) groups excluding carboxylic acids is 1. The van der Waals surface area contributed by atoms with E-state index in [0.717, 1.165) is 25.9 Å². The van der Waals surface area contributed by atoms with Crippen LogP contribution in [0.2, 0.25) is 0 Å². The maximum Gasteiger partial charge on any atom is 0.259 e. The molecule has 1 aromatic rings. The Kier molecular flexibility index (Phi) is 2.21. The second kappa shape index (κ2) is 3.59. The van der Waals surface area contributed by atoms with Crippen molar-refractivity contribution < 1.29 is 9.32 Å². The van der Waals surface area contributed by atoms with Crippen molar-refractivity contribution in [1.29, 1.82) is 0 Å². The average Bonchev–Trinajstić information content (AvgIpc) is 2.82. The molecule has 1 N–H and O–H groups in total. The molecular formula is C11H15N3O2. The molecule has 86 valence electrons. The third-order valence-corrected chi connectivity index (χ3v) is 3.57. The molecule has 3 rings (SSSR count). The Morgan fingerprint density at radius 3 is 3.25 bits per heavy atom. The average molecular weight is 221 g/mol. The van der Waals surface area contributed by atoms with Gasteiger partial charge in [-0.1, -0.05) is 5.16 Å². The second-order valence-corrected chi connectivity index (χ2v) is 4.58. The third-order valence-electron chi connectivity index (χ3n) is 3.57. The van der Waals surface area contributed by atoms with Gasteiger partial charge in [-0.05, 0) is 26.3 Å². The summed E-state index contributed by atoms with van der Waals surface area (Å²) in [6.07, 6.45) is 3.65. The van der Waals surface area contributed by atoms with Crippen LogP contribution in [0.5, 0.6) is 0 Å². The van der Waals surface area contributed by atoms with Gasteiger partial charge >= 0.3 is 0 Å². The van der Waals surface area contributed by atoms with Crippen LogP contribution in [0, 0.1) is 6.92 Å². The molecule has 1 aromatic heterocycles. The maximum absolute atomic E-state index is 12.3. The van der Waals surface area contributed by atoms with Gasteiger partial charge in [0, 0.05) is 18.6 Å². The summed E-state index contributed by atoms with van der Waals surface area (Å²) in [5.74, 6) is 0.675. The molecule has 2 fully saturated rings. The first-order valence-electron chi connectivity index (χ1n) is 5.71. The topological polar surface area (TPSA) is 58.4 Å². The van der Waals surface area contributed by atoms with Crippen LogP contribution in [0.15, 0.2) is 10.7 Å². The minimum Gasteiger partial charge on any atom is -0.361 e. The summed E-state index contributed by atoms with van der Waals surface area (Å²) in [6.45, 7) is 3.61. The molecule has 2 saturated heterocycles. The summed E-state index contributed by atoms with van der Waals surface area (Å²) in [6, 6.07) is 0.871. The molecule has 2 bridgehead atoms. The fourth-order valence-electron chi connectivity index (χ4n) is 2.70. The number of hydrogen-bond acceptors (Lipinski definition) is 4. The first kappa shape index (κ1) is 9.84. The second-order valence-electron chi connectivity index (χ2n) is 4.58. The molecule has 2 unspecified atom stereocenters. The fraction of sp³-hybridized carbons (Fsp3) is 0.636. The summed E-state index contributed by atoms with van der Waals surface area (Å²) in [4.78, 5) is 14.2. The quantitative estimate of drug-likeness (QED) is 0.752. The van der Waals surface area contributed by atoms with Crippen LogP contribution in [0.25, 0.3) is 0 Å². The van der Waals surface area contributed by atoms with Crippen LogP contribution in [-0.4, -0.2) is 41.1 Å². The predicted octanol–water partition coefficient (Wildman–Crippen LogP) is 0.559. The lowest BCUT2D eigenvalue weighted by Gasteiger charge is -2.24. The summed E-state index contributed by atoms with van der Waals surface area (Å²) < 4.78 is 4.94. The van der Waals surface area contributed by atoms with Crippen molar-refractivity contribution in [2.24, 2.45) is 0 Å². The Balaban J connectivity index is 1.83. The molecule has 2 aliphatic rings. The number of aromatic nitrogens is 1. The highest BCUT2D eigenvalue weighted by Crippen LogP contribution is 2.26. The molecule has 0 saturated carbocycles. The number of carbonyl (C=O) groups is 1. The Morgan fingerprint density at radius 1 is 1.69 bits per heavy atom. The van der Waals surface area contributed by atoms with Crippen molar-refractivity contribution >= 4 is 5.91 Å². The van der Waals surface area contributed by atoms with E-state index >= 15 is 0 Å². The largest absolute Gasteiger partial charge is 0.361 e. The number of likely N-dealkylation sites (tertiary alicyclic amines) is 1. The number of aryl methyl sites for hydroxylation is 1. The summed E-state index contributed by atoms with van der Waals surface area (Å²) in [5.41, 5.74) is 0.604. The van der Waals surface area contributed by atoms with Gasteiger partial charge in [-0.2, -0.15) is 0 Å². The number of nitrogens with zero attached hydrogens (tertiary/aromatic N) is 2. The molecule has 1 amide bonds. The summed E-state index contributed by atoms with van der Waals surface area (Å²) in [7, 11) is 0. The van der Waals surface area contributed by atoms with E-state index in [4.69, 9.17) is 4.52 Å². The zero-order valence-corrected chi connectivity index (χ0v) is 9.27. The molecule has 0 aliphatic carbocycles. The highest BCUT2D eigenvalue weighted by molar-refractivity contribution is 5.95. The zero-order valence-electron chi connectivity index (χ0n) is 9.27. The number of nitrogens with one attached hydrogen (secondary N) is 1. The van der Waals surface area contributed by atoms with E-state index in [1.54, 1.807) is 6.92 Å². The fourth-order valence-corrected chi connectivity index (χ4v) is 2.70. The molecule has 5 heteroatoms. The van der Waals surface area contributed by atoms with Crippen molar-refractivity contribution in [2.45, 2.75) is 31.8 Å². The standard InChI is InChI=1S/C11H15N3O2/c1-7-10(5-13-16-7)11(15)14-6-8-4-9(14)2-3-12-8/h5,8-9,12H,2-4,6H2,1H3. The summed E-state index contributed by atoms with van der Waals surface area (Å²) in [5, 5.41) is 7.08. The molecule has 0 radical (unpaired) electrons. The van der Waals surface area contributed by atoms with Crippen molar-refractivity contribution in [2.75, 3.05) is 13.1 Å². The van der Waals surface area contributed by atoms with Gasteiger partial charge < -0.3 is 14.7 Å². The van der Waals surface area contributed by atoms with Crippen molar-refractivity contribution in [3.05, 3.63) is 17.5 Å². The third kappa shape index (κ3) is 1.43. The van der Waals surface area contributed by atoms with E-state index in [1.165, 1.54) is 6.20 Å². The van der Waals surface area contributed by atoms with Crippen LogP contribution in [0.1, 0.15) is 29.0 Å². The number of hydrogen-bond donors (Lipinski definition) is 1. The normalized spacial score (nSPS) is 28.4. The number of amides is 1. The maximum atomic E-state index is 12.3. The minimum absolute atomic E-state index is 0.0648. The van der Waals surface area contributed by atoms with E-state index in [2.05, 4.69) is 10.5 Å². The molecule has 2 atom stereocenters. The zero-order chi connectivity index (χ0) is 11.1. The van der Waals surface area contributed by atoms with E-state index in [0.29, 0.717) is 23.4 Å². The van der Waals surface area contributed by atoms with E-state index in [9.17, 15) is 4.79 Å². The van der Waals surface area contributed by atoms with Gasteiger partial charge in [-0.25, -0.2) is 0 Å². The Hall–Kier alpha value is -1.36. The highest BCUT2D eigenvalue weighted by atomic mass is 16.5. The molecule has 3 heterocycles. The van der Waals surface area contributed by atoms with E-state index in [1.807, 2.05) is 4.90 Å². The van der Waals surface area contributed by atoms with E-state index in [-0.39, 0.29) is 5.91 Å². The first-order valence-corrected chi connectivity index (χ1v) is 5.71. The number of piperidine rings is 1. The molecule has 0 spiro atoms. The lowest BCUT2D eigenvalue weighted by molar-refractivity contribution is 0.0734. The lowest BCUT2D eigenvalue weighted by atomic mass is 10.1. The van der Waals surface area contributed by atoms with Crippen molar-refractivity contribution in [3.63, 3.8) is 0 Å². The van der Waals surface area contributed by atoms with Gasteiger partial charge in [0.05, 0.1) is 6.20 Å². The predicted molar refractivity (Wildman–Crippen MR) is 57.1 cm³/mol. The lowest BCUT2D eigenvalue weighted by Crippen LogP contribution is -2.36. The van der Waals surface area contributed by atoms with E-state index < -0.39 is 0 Å². The molecule has 16 heavy (non-hydrogen) atoms. The molecule has 2 aliphatic heterocycles. The van der Waals surface area contributed by atoms with Crippen LogP contribution >= 0.6 is 0 Å². The van der Waals surface area contributed by atoms with Crippen LogP contribution < -0.4 is 5.32 Å². The smallest absolute Gasteiger partial charge is 0.259 e. The number of fused-ring (bicyclic) bond motifs is 2. The van der Waals surface area contributed by atoms with Crippen LogP contribution in [0.4, 0.5) is 0 Å². The first-order chi connectivity index (χ1) is 7.75. The Bertz CT molecular complexity index is 415. The molecular weight excluding hydrogens is 206 g/mol. The monoisotopic (exact) mass is 221 g/mol. The summed E-state index contributed by atoms with van der Waals surface area (Å²) >= 11 is 0. The number of rotatable bonds is 1. The van der Waals surface area contributed by atoms with Gasteiger partial charge in [-0.15, -0.1) is 0 Å². The highest BCUT2D eigenvalue weighted by Gasteiger charge is 2.38. The van der Waals surface area contributed by atoms with Gasteiger partial charge in [0.1, 0.15) is 11.3 Å². The Labute approximate surface area is 93.8 Å². The Morgan fingerprint density at radius 2 is 2.56 bits per heavy atom. The molecule has 5 nitrogen and oxygen atoms in total.